The van der Waals surface area contributed by atoms with Crippen LogP contribution < -0.4 is 10.6 Å². The molecule has 3 aromatic rings. The zero-order chi connectivity index (χ0) is 25.6. The maximum Gasteiger partial charge on any atom is 0.417 e. The number of hydrogen-bond acceptors (Lipinski definition) is 5. The van der Waals surface area contributed by atoms with Gasteiger partial charge in [0.15, 0.2) is 0 Å². The molecule has 3 atom stereocenters. The van der Waals surface area contributed by atoms with Gasteiger partial charge in [0.2, 0.25) is 0 Å². The monoisotopic (exact) mass is 496 g/mol. The highest BCUT2D eigenvalue weighted by atomic mass is 19.4. The second-order valence-corrected chi connectivity index (χ2v) is 9.46. The van der Waals surface area contributed by atoms with Crippen LogP contribution in [0.15, 0.2) is 49.3 Å². The summed E-state index contributed by atoms with van der Waals surface area (Å²) >= 11 is 0. The fourth-order valence-electron chi connectivity index (χ4n) is 5.11. The summed E-state index contributed by atoms with van der Waals surface area (Å²) < 4.78 is 42.5. The maximum atomic E-state index is 13.6. The molecule has 6 rings (SSSR count). The first-order valence-corrected chi connectivity index (χ1v) is 11.7. The number of hydrogen-bond donors (Lipinski definition) is 2. The molecule has 2 N–H and O–H groups in total. The highest BCUT2D eigenvalue weighted by Gasteiger charge is 2.50. The van der Waals surface area contributed by atoms with E-state index >= 15 is 0 Å². The first kappa shape index (κ1) is 24.1. The Morgan fingerprint density at radius 2 is 2.08 bits per heavy atom. The van der Waals surface area contributed by atoms with Crippen molar-refractivity contribution in [2.45, 2.75) is 24.7 Å². The van der Waals surface area contributed by atoms with Gasteiger partial charge < -0.3 is 15.5 Å². The van der Waals surface area contributed by atoms with E-state index < -0.39 is 11.7 Å². The van der Waals surface area contributed by atoms with Crippen molar-refractivity contribution >= 4 is 34.0 Å². The summed E-state index contributed by atoms with van der Waals surface area (Å²) in [5.41, 5.74) is 0.358. The van der Waals surface area contributed by atoms with Crippen molar-refractivity contribution in [2.75, 3.05) is 25.5 Å². The number of benzene rings is 1. The van der Waals surface area contributed by atoms with Gasteiger partial charge in [0.1, 0.15) is 0 Å². The van der Waals surface area contributed by atoms with Gasteiger partial charge in [0.05, 0.1) is 28.7 Å². The second-order valence-electron chi connectivity index (χ2n) is 9.46. The average Bonchev–Trinajstić information content (AvgIpc) is 3.52. The molecule has 36 heavy (non-hydrogen) atoms. The highest BCUT2D eigenvalue weighted by Crippen LogP contribution is 2.43. The van der Waals surface area contributed by atoms with Crippen LogP contribution in [0.1, 0.15) is 28.2 Å². The minimum atomic E-state index is -4.61. The SMILES string of the molecule is C=C(c1nc(/C=C/CNC(=O)c2cnn(C)c2)cc2c(NC3C4CC3N(C)C4)cccc12)C(F)(F)F. The Morgan fingerprint density at radius 3 is 2.72 bits per heavy atom. The molecule has 2 saturated heterocycles. The summed E-state index contributed by atoms with van der Waals surface area (Å²) in [6.07, 6.45) is 2.83. The molecule has 7 nitrogen and oxygen atoms in total. The van der Waals surface area contributed by atoms with E-state index in [4.69, 9.17) is 0 Å². The Kier molecular flexibility index (Phi) is 6.07. The zero-order valence-electron chi connectivity index (χ0n) is 20.0. The molecule has 2 bridgehead atoms. The molecule has 188 valence electrons. The zero-order valence-corrected chi connectivity index (χ0v) is 20.0. The number of likely N-dealkylation sites (N-methyl/N-ethyl adjacent to an activating group) is 1. The summed E-state index contributed by atoms with van der Waals surface area (Å²) in [6, 6.07) is 7.75. The van der Waals surface area contributed by atoms with E-state index in [0.717, 1.165) is 18.7 Å². The van der Waals surface area contributed by atoms with Gasteiger partial charge in [0, 0.05) is 54.9 Å². The average molecular weight is 497 g/mol. The molecular formula is C26H27F3N6O. The molecule has 10 heteroatoms. The van der Waals surface area contributed by atoms with E-state index in [0.29, 0.717) is 34.0 Å². The second kappa shape index (κ2) is 9.09. The van der Waals surface area contributed by atoms with Gasteiger partial charge in [-0.2, -0.15) is 18.3 Å². The Hall–Kier alpha value is -3.66. The molecule has 3 aliphatic rings. The van der Waals surface area contributed by atoms with Crippen LogP contribution in [0.5, 0.6) is 0 Å². The van der Waals surface area contributed by atoms with Crippen molar-refractivity contribution in [3.05, 3.63) is 66.3 Å². The molecule has 1 amide bonds. The number of fused-ring (bicyclic) bond motifs is 2. The number of nitrogens with one attached hydrogen (secondary N) is 2. The van der Waals surface area contributed by atoms with Crippen LogP contribution in [0, 0.1) is 5.92 Å². The lowest BCUT2D eigenvalue weighted by molar-refractivity contribution is -0.0688. The van der Waals surface area contributed by atoms with Crippen molar-refractivity contribution in [1.29, 1.82) is 0 Å². The molecule has 0 radical (unpaired) electrons. The molecule has 1 aromatic carbocycles. The molecule has 3 unspecified atom stereocenters. The van der Waals surface area contributed by atoms with Crippen molar-refractivity contribution in [1.82, 2.24) is 25.0 Å². The third kappa shape index (κ3) is 4.48. The van der Waals surface area contributed by atoms with Crippen molar-refractivity contribution in [2.24, 2.45) is 13.0 Å². The van der Waals surface area contributed by atoms with Gasteiger partial charge in [-0.1, -0.05) is 24.8 Å². The minimum Gasteiger partial charge on any atom is -0.380 e. The van der Waals surface area contributed by atoms with E-state index in [-0.39, 0.29) is 24.2 Å². The van der Waals surface area contributed by atoms with Gasteiger partial charge in [0.25, 0.3) is 5.91 Å². The Balaban J connectivity index is 1.43. The number of aromatic nitrogens is 3. The number of rotatable bonds is 7. The summed E-state index contributed by atoms with van der Waals surface area (Å²) in [5, 5.41) is 11.3. The number of nitrogens with zero attached hydrogens (tertiary/aromatic N) is 4. The smallest absolute Gasteiger partial charge is 0.380 e. The number of alkyl halides is 3. The quantitative estimate of drug-likeness (QED) is 0.515. The minimum absolute atomic E-state index is 0.181. The van der Waals surface area contributed by atoms with Crippen LogP contribution in [0.25, 0.3) is 22.4 Å². The molecule has 2 aromatic heterocycles. The topological polar surface area (TPSA) is 75.1 Å². The summed E-state index contributed by atoms with van der Waals surface area (Å²) in [5.74, 6) is 0.237. The lowest BCUT2D eigenvalue weighted by atomic mass is 9.80. The van der Waals surface area contributed by atoms with Crippen LogP contribution in [-0.2, 0) is 7.05 Å². The molecule has 2 aliphatic heterocycles. The Morgan fingerprint density at radius 1 is 1.28 bits per heavy atom. The van der Waals surface area contributed by atoms with E-state index in [1.54, 1.807) is 43.6 Å². The van der Waals surface area contributed by atoms with Crippen LogP contribution in [0.2, 0.25) is 0 Å². The van der Waals surface area contributed by atoms with Crippen molar-refractivity contribution in [3.8, 4) is 0 Å². The lowest BCUT2D eigenvalue weighted by Crippen LogP contribution is -2.47. The molecule has 1 saturated carbocycles. The normalized spacial score (nSPS) is 21.6. The molecule has 1 aliphatic carbocycles. The molecular weight excluding hydrogens is 469 g/mol. The summed E-state index contributed by atoms with van der Waals surface area (Å²) in [7, 11) is 3.81. The molecule has 0 spiro atoms. The number of aryl methyl sites for hydroxylation is 1. The predicted octanol–water partition coefficient (Wildman–Crippen LogP) is 4.10. The van der Waals surface area contributed by atoms with E-state index in [9.17, 15) is 18.0 Å². The number of amides is 1. The summed E-state index contributed by atoms with van der Waals surface area (Å²) in [4.78, 5) is 18.8. The maximum absolute atomic E-state index is 13.6. The first-order chi connectivity index (χ1) is 17.1. The van der Waals surface area contributed by atoms with Gasteiger partial charge >= 0.3 is 6.18 Å². The van der Waals surface area contributed by atoms with E-state index in [2.05, 4.69) is 39.2 Å². The Labute approximate surface area is 206 Å². The Bertz CT molecular complexity index is 1360. The number of carbonyl (C=O) groups is 1. The van der Waals surface area contributed by atoms with Crippen LogP contribution in [0.4, 0.5) is 18.9 Å². The largest absolute Gasteiger partial charge is 0.417 e. The van der Waals surface area contributed by atoms with E-state index in [1.165, 1.54) is 10.9 Å². The van der Waals surface area contributed by atoms with E-state index in [1.807, 2.05) is 6.07 Å². The number of allylic oxidation sites excluding steroid dienone is 1. The fraction of sp³-hybridized carbons (Fsp3) is 0.346. The van der Waals surface area contributed by atoms with Gasteiger partial charge in [-0.05, 0) is 37.6 Å². The third-order valence-electron chi connectivity index (χ3n) is 7.04. The van der Waals surface area contributed by atoms with Crippen LogP contribution in [0.3, 0.4) is 0 Å². The number of carbonyl (C=O) groups excluding carboxylic acids is 1. The predicted molar refractivity (Wildman–Crippen MR) is 133 cm³/mol. The highest BCUT2D eigenvalue weighted by molar-refractivity contribution is 6.01. The van der Waals surface area contributed by atoms with Crippen molar-refractivity contribution < 1.29 is 18.0 Å². The van der Waals surface area contributed by atoms with Crippen LogP contribution in [-0.4, -0.2) is 64.0 Å². The standard InChI is InChI=1S/C26H27F3N6O/c1-15(26(27,28)29)23-19-7-4-8-21(33-24-16-10-22(24)34(2)13-16)20(19)11-18(32-23)6-5-9-30-25(36)17-12-31-35(3)14-17/h4-8,11-12,14,16,22,24,33H,1,9-10,13H2,2-3H3,(H,30,36)/b6-5+. The van der Waals surface area contributed by atoms with Crippen molar-refractivity contribution in [3.63, 3.8) is 0 Å². The summed E-state index contributed by atoms with van der Waals surface area (Å²) in [6.45, 7) is 4.50. The first-order valence-electron chi connectivity index (χ1n) is 11.7. The number of pyridine rings is 1. The van der Waals surface area contributed by atoms with Crippen LogP contribution >= 0.6 is 0 Å². The van der Waals surface area contributed by atoms with Gasteiger partial charge in [-0.15, -0.1) is 0 Å². The fourth-order valence-corrected chi connectivity index (χ4v) is 5.11. The third-order valence-corrected chi connectivity index (χ3v) is 7.04. The molecule has 4 heterocycles. The lowest BCUT2D eigenvalue weighted by Gasteiger charge is -2.37. The number of halogens is 3. The number of anilines is 1. The van der Waals surface area contributed by atoms with Gasteiger partial charge in [-0.3, -0.25) is 9.48 Å². The molecule has 3 fully saturated rings. The van der Waals surface area contributed by atoms with Gasteiger partial charge in [-0.25, -0.2) is 4.98 Å².